The molecule has 0 saturated heterocycles. The molecule has 0 unspecified atom stereocenters. The van der Waals surface area contributed by atoms with Crippen molar-refractivity contribution in [2.45, 2.75) is 0 Å². The SMILES string of the molecule is [H-].[H-].[Mg+2].c1ccc(-c2cccc3ccccc23)cc1. The molecule has 0 nitrogen and oxygen atoms in total. The van der Waals surface area contributed by atoms with Gasteiger partial charge < -0.3 is 2.85 Å². The predicted molar refractivity (Wildman–Crippen MR) is 77.4 cm³/mol. The zero-order valence-corrected chi connectivity index (χ0v) is 11.0. The van der Waals surface area contributed by atoms with Crippen molar-refractivity contribution in [3.8, 4) is 11.1 Å². The van der Waals surface area contributed by atoms with E-state index >= 15 is 0 Å². The smallest absolute Gasteiger partial charge is 1.00 e. The standard InChI is InChI=1S/C16H12.Mg.2H/c1-2-7-13(8-3-1)16-12-6-10-14-9-4-5-11-15(14)16;;;/h1-12H;;;/q;+2;2*-1. The van der Waals surface area contributed by atoms with Crippen molar-refractivity contribution in [3.05, 3.63) is 72.8 Å². The van der Waals surface area contributed by atoms with Gasteiger partial charge in [-0.15, -0.1) is 0 Å². The maximum absolute atomic E-state index is 2.18. The first kappa shape index (κ1) is 12.2. The average Bonchev–Trinajstić information content (AvgIpc) is 2.39. The largest absolute Gasteiger partial charge is 2.00 e. The fraction of sp³-hybridized carbons (Fsp3) is 0. The zero-order valence-electron chi connectivity index (χ0n) is 11.6. The number of hydrogen-bond donors (Lipinski definition) is 0. The average molecular weight is 231 g/mol. The van der Waals surface area contributed by atoms with Crippen LogP contribution in [0.25, 0.3) is 21.9 Å². The Morgan fingerprint density at radius 2 is 1.24 bits per heavy atom. The van der Waals surface area contributed by atoms with Crippen LogP contribution in [-0.4, -0.2) is 23.1 Å². The topological polar surface area (TPSA) is 0 Å². The monoisotopic (exact) mass is 230 g/mol. The quantitative estimate of drug-likeness (QED) is 0.545. The van der Waals surface area contributed by atoms with Gasteiger partial charge in [-0.2, -0.15) is 0 Å². The Kier molecular flexibility index (Phi) is 3.82. The first-order chi connectivity index (χ1) is 7.95. The molecule has 0 radical (unpaired) electrons. The summed E-state index contributed by atoms with van der Waals surface area (Å²) in [4.78, 5) is 0. The minimum absolute atomic E-state index is 0. The van der Waals surface area contributed by atoms with Gasteiger partial charge in [0.25, 0.3) is 0 Å². The van der Waals surface area contributed by atoms with Gasteiger partial charge in [0.2, 0.25) is 0 Å². The molecule has 1 heteroatoms. The molecule has 0 N–H and O–H groups in total. The molecular weight excluding hydrogens is 216 g/mol. The van der Waals surface area contributed by atoms with Crippen LogP contribution in [0, 0.1) is 0 Å². The first-order valence-electron chi connectivity index (χ1n) is 5.48. The van der Waals surface area contributed by atoms with E-state index in [2.05, 4.69) is 72.8 Å². The fourth-order valence-corrected chi connectivity index (χ4v) is 2.09. The third-order valence-corrected chi connectivity index (χ3v) is 2.87. The minimum Gasteiger partial charge on any atom is -1.00 e. The second-order valence-corrected chi connectivity index (χ2v) is 3.89. The molecule has 0 heterocycles. The molecule has 0 amide bonds. The summed E-state index contributed by atoms with van der Waals surface area (Å²) in [5.74, 6) is 0. The first-order valence-corrected chi connectivity index (χ1v) is 5.48. The molecule has 3 aromatic carbocycles. The van der Waals surface area contributed by atoms with Crippen LogP contribution in [-0.2, 0) is 0 Å². The molecular formula is C16H14Mg. The van der Waals surface area contributed by atoms with Crippen molar-refractivity contribution in [2.75, 3.05) is 0 Å². The van der Waals surface area contributed by atoms with E-state index in [1.54, 1.807) is 0 Å². The molecule has 3 rings (SSSR count). The minimum atomic E-state index is 0. The van der Waals surface area contributed by atoms with Gasteiger partial charge in [0.05, 0.1) is 0 Å². The van der Waals surface area contributed by atoms with Crippen LogP contribution in [0.1, 0.15) is 2.85 Å². The summed E-state index contributed by atoms with van der Waals surface area (Å²) >= 11 is 0. The van der Waals surface area contributed by atoms with Crippen LogP contribution in [0.4, 0.5) is 0 Å². The van der Waals surface area contributed by atoms with Crippen LogP contribution in [0.5, 0.6) is 0 Å². The van der Waals surface area contributed by atoms with Gasteiger partial charge in [0.1, 0.15) is 0 Å². The van der Waals surface area contributed by atoms with E-state index in [1.165, 1.54) is 21.9 Å². The second kappa shape index (κ2) is 5.35. The van der Waals surface area contributed by atoms with E-state index in [0.29, 0.717) is 0 Å². The van der Waals surface area contributed by atoms with Gasteiger partial charge in [-0.1, -0.05) is 72.8 Å². The van der Waals surface area contributed by atoms with E-state index in [9.17, 15) is 0 Å². The number of rotatable bonds is 1. The van der Waals surface area contributed by atoms with E-state index in [4.69, 9.17) is 0 Å². The molecule has 0 saturated carbocycles. The Bertz CT molecular complexity index is 618. The van der Waals surface area contributed by atoms with Crippen molar-refractivity contribution in [2.24, 2.45) is 0 Å². The summed E-state index contributed by atoms with van der Waals surface area (Å²) in [6.07, 6.45) is 0. The molecule has 0 bridgehead atoms. The molecule has 0 aromatic heterocycles. The van der Waals surface area contributed by atoms with Crippen LogP contribution < -0.4 is 0 Å². The fourth-order valence-electron chi connectivity index (χ4n) is 2.09. The van der Waals surface area contributed by atoms with Gasteiger partial charge in [-0.3, -0.25) is 0 Å². The predicted octanol–water partition coefficient (Wildman–Crippen LogP) is 4.35. The number of hydrogen-bond acceptors (Lipinski definition) is 0. The summed E-state index contributed by atoms with van der Waals surface area (Å²) in [5.41, 5.74) is 2.58. The molecule has 80 valence electrons. The summed E-state index contributed by atoms with van der Waals surface area (Å²) in [6.45, 7) is 0. The third kappa shape index (κ3) is 2.35. The second-order valence-electron chi connectivity index (χ2n) is 3.89. The van der Waals surface area contributed by atoms with Crippen molar-refractivity contribution in [3.63, 3.8) is 0 Å². The van der Waals surface area contributed by atoms with E-state index in [-0.39, 0.29) is 25.9 Å². The Balaban J connectivity index is 0.00000108. The Hall–Kier alpha value is -1.31. The number of benzene rings is 3. The summed E-state index contributed by atoms with van der Waals surface area (Å²) in [5, 5.41) is 2.61. The molecule has 0 spiro atoms. The third-order valence-electron chi connectivity index (χ3n) is 2.87. The van der Waals surface area contributed by atoms with Gasteiger partial charge in [-0.25, -0.2) is 0 Å². The maximum atomic E-state index is 2.18. The Labute approximate surface area is 120 Å². The van der Waals surface area contributed by atoms with Crippen molar-refractivity contribution in [1.82, 2.24) is 0 Å². The van der Waals surface area contributed by atoms with Crippen LogP contribution in [0.2, 0.25) is 0 Å². The van der Waals surface area contributed by atoms with E-state index in [0.717, 1.165) is 0 Å². The molecule has 17 heavy (non-hydrogen) atoms. The molecule has 3 aromatic rings. The van der Waals surface area contributed by atoms with E-state index < -0.39 is 0 Å². The van der Waals surface area contributed by atoms with Crippen molar-refractivity contribution in [1.29, 1.82) is 0 Å². The van der Waals surface area contributed by atoms with Gasteiger partial charge >= 0.3 is 23.1 Å². The molecule has 0 aliphatic carbocycles. The van der Waals surface area contributed by atoms with E-state index in [1.807, 2.05) is 0 Å². The Morgan fingerprint density at radius 1 is 0.588 bits per heavy atom. The summed E-state index contributed by atoms with van der Waals surface area (Å²) in [7, 11) is 0. The molecule has 0 fully saturated rings. The van der Waals surface area contributed by atoms with Crippen LogP contribution >= 0.6 is 0 Å². The summed E-state index contributed by atoms with van der Waals surface area (Å²) in [6, 6.07) is 25.5. The van der Waals surface area contributed by atoms with Crippen LogP contribution in [0.15, 0.2) is 72.8 Å². The van der Waals surface area contributed by atoms with Crippen LogP contribution in [0.3, 0.4) is 0 Å². The van der Waals surface area contributed by atoms with Gasteiger partial charge in [0.15, 0.2) is 0 Å². The molecule has 0 atom stereocenters. The summed E-state index contributed by atoms with van der Waals surface area (Å²) < 4.78 is 0. The van der Waals surface area contributed by atoms with Crippen molar-refractivity contribution >= 4 is 33.8 Å². The normalized spacial score (nSPS) is 9.88. The molecule has 0 aliphatic rings. The van der Waals surface area contributed by atoms with Crippen molar-refractivity contribution < 1.29 is 2.85 Å². The number of fused-ring (bicyclic) bond motifs is 1. The Morgan fingerprint density at radius 3 is 2.06 bits per heavy atom. The zero-order chi connectivity index (χ0) is 10.8. The molecule has 0 aliphatic heterocycles. The van der Waals surface area contributed by atoms with Gasteiger partial charge in [0, 0.05) is 0 Å². The maximum Gasteiger partial charge on any atom is 2.00 e. The van der Waals surface area contributed by atoms with Gasteiger partial charge in [-0.05, 0) is 21.9 Å².